The van der Waals surface area contributed by atoms with Crippen LogP contribution in [-0.2, 0) is 4.79 Å². The van der Waals surface area contributed by atoms with Crippen LogP contribution in [0, 0.1) is 5.92 Å². The minimum Gasteiger partial charge on any atom is -0.356 e. The molecule has 4 nitrogen and oxygen atoms in total. The van der Waals surface area contributed by atoms with E-state index in [1.165, 1.54) is 25.8 Å². The molecule has 2 rings (SSSR count). The average molecular weight is 267 g/mol. The molecule has 19 heavy (non-hydrogen) atoms. The number of carbonyl (C=O) groups excluding carboxylic acids is 1. The zero-order chi connectivity index (χ0) is 13.5. The van der Waals surface area contributed by atoms with Gasteiger partial charge in [-0.05, 0) is 52.1 Å². The smallest absolute Gasteiger partial charge is 0.224 e. The Morgan fingerprint density at radius 3 is 2.95 bits per heavy atom. The van der Waals surface area contributed by atoms with Gasteiger partial charge >= 0.3 is 0 Å². The van der Waals surface area contributed by atoms with Gasteiger partial charge in [0.05, 0.1) is 5.92 Å². The lowest BCUT2D eigenvalue weighted by atomic mass is 9.99. The third-order valence-electron chi connectivity index (χ3n) is 4.53. The predicted octanol–water partition coefficient (Wildman–Crippen LogP) is 1.37. The van der Waals surface area contributed by atoms with Crippen molar-refractivity contribution in [2.24, 2.45) is 5.92 Å². The van der Waals surface area contributed by atoms with Crippen LogP contribution in [0.25, 0.3) is 0 Å². The van der Waals surface area contributed by atoms with E-state index >= 15 is 0 Å². The zero-order valence-electron chi connectivity index (χ0n) is 12.3. The second-order valence-corrected chi connectivity index (χ2v) is 6.07. The van der Waals surface area contributed by atoms with Crippen molar-refractivity contribution in [2.75, 3.05) is 32.7 Å². The maximum Gasteiger partial charge on any atom is 0.224 e. The fraction of sp³-hybridized carbons (Fsp3) is 0.933. The van der Waals surface area contributed by atoms with Crippen molar-refractivity contribution >= 4 is 5.91 Å². The van der Waals surface area contributed by atoms with Gasteiger partial charge in [0, 0.05) is 25.7 Å². The molecule has 2 fully saturated rings. The number of amides is 1. The minimum atomic E-state index is 0.197. The van der Waals surface area contributed by atoms with Crippen LogP contribution in [0.4, 0.5) is 0 Å². The second-order valence-electron chi connectivity index (χ2n) is 6.07. The van der Waals surface area contributed by atoms with Gasteiger partial charge in [0.25, 0.3) is 0 Å². The molecule has 0 bridgehead atoms. The van der Waals surface area contributed by atoms with Gasteiger partial charge in [-0.25, -0.2) is 0 Å². The molecular weight excluding hydrogens is 238 g/mol. The summed E-state index contributed by atoms with van der Waals surface area (Å²) in [4.78, 5) is 14.5. The first kappa shape index (κ1) is 14.8. The molecule has 0 radical (unpaired) electrons. The molecular formula is C15H29N3O. The van der Waals surface area contributed by atoms with Crippen LogP contribution < -0.4 is 10.6 Å². The highest BCUT2D eigenvalue weighted by Crippen LogP contribution is 2.16. The third kappa shape index (κ3) is 4.77. The summed E-state index contributed by atoms with van der Waals surface area (Å²) in [6.45, 7) is 7.45. The molecule has 0 aromatic heterocycles. The van der Waals surface area contributed by atoms with Crippen molar-refractivity contribution in [3.63, 3.8) is 0 Å². The lowest BCUT2D eigenvalue weighted by Crippen LogP contribution is -2.42. The second kappa shape index (κ2) is 7.85. The number of nitrogens with zero attached hydrogens (tertiary/aromatic N) is 1. The molecule has 0 aromatic rings. The number of likely N-dealkylation sites (tertiary alicyclic amines) is 1. The first-order chi connectivity index (χ1) is 9.27. The van der Waals surface area contributed by atoms with Gasteiger partial charge in [-0.3, -0.25) is 4.79 Å². The molecule has 0 spiro atoms. The van der Waals surface area contributed by atoms with E-state index in [0.717, 1.165) is 51.5 Å². The topological polar surface area (TPSA) is 44.4 Å². The van der Waals surface area contributed by atoms with E-state index in [2.05, 4.69) is 22.5 Å². The summed E-state index contributed by atoms with van der Waals surface area (Å²) in [5.74, 6) is 0.446. The van der Waals surface area contributed by atoms with E-state index in [1.54, 1.807) is 0 Å². The van der Waals surface area contributed by atoms with Gasteiger partial charge in [0.15, 0.2) is 0 Å². The van der Waals surface area contributed by atoms with E-state index in [0.29, 0.717) is 0 Å². The number of piperidine rings is 2. The number of hydrogen-bond acceptors (Lipinski definition) is 3. The van der Waals surface area contributed by atoms with Crippen molar-refractivity contribution in [3.05, 3.63) is 0 Å². The van der Waals surface area contributed by atoms with Gasteiger partial charge in [-0.2, -0.15) is 0 Å². The van der Waals surface area contributed by atoms with Crippen LogP contribution in [0.2, 0.25) is 0 Å². The van der Waals surface area contributed by atoms with Crippen molar-refractivity contribution in [1.29, 1.82) is 0 Å². The molecule has 4 heteroatoms. The average Bonchev–Trinajstić information content (AvgIpc) is 2.46. The van der Waals surface area contributed by atoms with Crippen LogP contribution in [0.3, 0.4) is 0 Å². The Kier molecular flexibility index (Phi) is 6.11. The number of nitrogens with one attached hydrogen (secondary N) is 2. The summed E-state index contributed by atoms with van der Waals surface area (Å²) >= 11 is 0. The fourth-order valence-corrected chi connectivity index (χ4v) is 3.20. The summed E-state index contributed by atoms with van der Waals surface area (Å²) in [6.07, 6.45) is 7.30. The lowest BCUT2D eigenvalue weighted by Gasteiger charge is -2.33. The zero-order valence-corrected chi connectivity index (χ0v) is 12.3. The molecule has 2 atom stereocenters. The molecule has 1 unspecified atom stereocenters. The van der Waals surface area contributed by atoms with Crippen LogP contribution >= 0.6 is 0 Å². The summed E-state index contributed by atoms with van der Waals surface area (Å²) < 4.78 is 0. The summed E-state index contributed by atoms with van der Waals surface area (Å²) in [7, 11) is 0. The maximum absolute atomic E-state index is 11.9. The normalized spacial score (nSPS) is 29.1. The molecule has 0 saturated carbocycles. The molecule has 2 heterocycles. The molecule has 2 saturated heterocycles. The Balaban J connectivity index is 1.56. The highest BCUT2D eigenvalue weighted by molar-refractivity contribution is 5.78. The Labute approximate surface area is 117 Å². The van der Waals surface area contributed by atoms with E-state index in [1.807, 2.05) is 0 Å². The summed E-state index contributed by atoms with van der Waals surface area (Å²) in [5.41, 5.74) is 0. The minimum absolute atomic E-state index is 0.197. The molecule has 0 aliphatic carbocycles. The monoisotopic (exact) mass is 267 g/mol. The fourth-order valence-electron chi connectivity index (χ4n) is 3.20. The number of rotatable bonds is 5. The summed E-state index contributed by atoms with van der Waals surface area (Å²) in [6, 6.07) is 0.729. The van der Waals surface area contributed by atoms with Crippen molar-refractivity contribution in [3.8, 4) is 0 Å². The van der Waals surface area contributed by atoms with Crippen LogP contribution in [0.1, 0.15) is 45.4 Å². The van der Waals surface area contributed by atoms with Crippen molar-refractivity contribution in [1.82, 2.24) is 15.5 Å². The third-order valence-corrected chi connectivity index (χ3v) is 4.53. The Hall–Kier alpha value is -0.610. The van der Waals surface area contributed by atoms with Crippen LogP contribution in [-0.4, -0.2) is 49.6 Å². The Bertz CT molecular complexity index is 277. The summed E-state index contributed by atoms with van der Waals surface area (Å²) in [5, 5.41) is 6.40. The molecule has 110 valence electrons. The van der Waals surface area contributed by atoms with Gasteiger partial charge in [-0.15, -0.1) is 0 Å². The van der Waals surface area contributed by atoms with E-state index < -0.39 is 0 Å². The van der Waals surface area contributed by atoms with Crippen molar-refractivity contribution in [2.45, 2.75) is 51.5 Å². The lowest BCUT2D eigenvalue weighted by molar-refractivity contribution is -0.125. The van der Waals surface area contributed by atoms with Crippen LogP contribution in [0.5, 0.6) is 0 Å². The molecule has 1 amide bonds. The highest BCUT2D eigenvalue weighted by atomic mass is 16.1. The maximum atomic E-state index is 11.9. The van der Waals surface area contributed by atoms with Crippen molar-refractivity contribution < 1.29 is 4.79 Å². The number of carbonyl (C=O) groups is 1. The van der Waals surface area contributed by atoms with E-state index in [9.17, 15) is 4.79 Å². The first-order valence-electron chi connectivity index (χ1n) is 8.00. The van der Waals surface area contributed by atoms with E-state index in [-0.39, 0.29) is 11.8 Å². The molecule has 2 aliphatic rings. The largest absolute Gasteiger partial charge is 0.356 e. The quantitative estimate of drug-likeness (QED) is 0.739. The van der Waals surface area contributed by atoms with Gasteiger partial charge < -0.3 is 15.5 Å². The van der Waals surface area contributed by atoms with Gasteiger partial charge in [-0.1, -0.05) is 6.42 Å². The molecule has 2 N–H and O–H groups in total. The predicted molar refractivity (Wildman–Crippen MR) is 78.1 cm³/mol. The SMILES string of the molecule is CC1CCCCN1CCCNC(=O)[C@@H]1CCCNC1. The molecule has 0 aromatic carbocycles. The van der Waals surface area contributed by atoms with Crippen LogP contribution in [0.15, 0.2) is 0 Å². The highest BCUT2D eigenvalue weighted by Gasteiger charge is 2.21. The number of hydrogen-bond donors (Lipinski definition) is 2. The van der Waals surface area contributed by atoms with E-state index in [4.69, 9.17) is 0 Å². The standard InChI is InChI=1S/C15H29N3O/c1-13-6-2-3-10-18(13)11-5-9-17-15(19)14-7-4-8-16-12-14/h13-14,16H,2-12H2,1H3,(H,17,19)/t13?,14-/m1/s1. The Morgan fingerprint density at radius 1 is 1.32 bits per heavy atom. The Morgan fingerprint density at radius 2 is 2.21 bits per heavy atom. The van der Waals surface area contributed by atoms with Gasteiger partial charge in [0.2, 0.25) is 5.91 Å². The molecule has 2 aliphatic heterocycles. The first-order valence-corrected chi connectivity index (χ1v) is 8.00. The van der Waals surface area contributed by atoms with Gasteiger partial charge in [0.1, 0.15) is 0 Å².